The molecule has 1 N–H and O–H groups in total. The first-order valence-electron chi connectivity index (χ1n) is 6.89. The van der Waals surface area contributed by atoms with E-state index in [9.17, 15) is 0 Å². The minimum Gasteiger partial charge on any atom is -0.494 e. The van der Waals surface area contributed by atoms with Gasteiger partial charge in [0.25, 0.3) is 0 Å². The van der Waals surface area contributed by atoms with Crippen LogP contribution in [0.3, 0.4) is 0 Å². The number of nitrogens with zero attached hydrogens (tertiary/aromatic N) is 2. The minimum atomic E-state index is 0. The van der Waals surface area contributed by atoms with Gasteiger partial charge in [0, 0.05) is 32.2 Å². The van der Waals surface area contributed by atoms with Gasteiger partial charge in [0.15, 0.2) is 0 Å². The second-order valence-electron chi connectivity index (χ2n) is 4.67. The number of benzene rings is 1. The number of halogens is 2. The third-order valence-corrected chi connectivity index (χ3v) is 3.45. The summed E-state index contributed by atoms with van der Waals surface area (Å²) in [5.74, 6) is 0.891. The van der Waals surface area contributed by atoms with Crippen LogP contribution in [0.1, 0.15) is 24.9 Å². The second kappa shape index (κ2) is 10.7. The molecule has 0 amide bonds. The van der Waals surface area contributed by atoms with Crippen LogP contribution in [0.4, 0.5) is 0 Å². The predicted octanol–water partition coefficient (Wildman–Crippen LogP) is 2.79. The quantitative estimate of drug-likeness (QED) is 0.901. The Morgan fingerprint density at radius 3 is 2.38 bits per heavy atom. The molecule has 1 saturated heterocycles. The molecule has 1 aromatic rings. The molecule has 0 radical (unpaired) electrons. The second-order valence-corrected chi connectivity index (χ2v) is 4.67. The molecule has 0 unspecified atom stereocenters. The van der Waals surface area contributed by atoms with Crippen molar-refractivity contribution in [3.05, 3.63) is 29.8 Å². The van der Waals surface area contributed by atoms with Gasteiger partial charge in [-0.15, -0.1) is 24.8 Å². The third kappa shape index (κ3) is 5.72. The van der Waals surface area contributed by atoms with Gasteiger partial charge in [0.05, 0.1) is 19.1 Å². The van der Waals surface area contributed by atoms with Gasteiger partial charge in [0.2, 0.25) is 0 Å². The van der Waals surface area contributed by atoms with Crippen LogP contribution in [0, 0.1) is 11.3 Å². The molecular weight excluding hydrogens is 309 g/mol. The lowest BCUT2D eigenvalue weighted by Gasteiger charge is -2.34. The van der Waals surface area contributed by atoms with Gasteiger partial charge in [-0.25, -0.2) is 0 Å². The zero-order valence-electron chi connectivity index (χ0n) is 12.2. The van der Waals surface area contributed by atoms with E-state index in [1.165, 1.54) is 5.56 Å². The number of nitrogens with one attached hydrogen (secondary N) is 1. The van der Waals surface area contributed by atoms with Crippen molar-refractivity contribution in [3.8, 4) is 11.8 Å². The first-order chi connectivity index (χ1) is 9.35. The summed E-state index contributed by atoms with van der Waals surface area (Å²) in [6.07, 6.45) is 0.536. The highest BCUT2D eigenvalue weighted by molar-refractivity contribution is 5.85. The summed E-state index contributed by atoms with van der Waals surface area (Å²) >= 11 is 0. The molecule has 1 aromatic carbocycles. The monoisotopic (exact) mass is 331 g/mol. The van der Waals surface area contributed by atoms with Crippen molar-refractivity contribution in [1.82, 2.24) is 10.2 Å². The maximum atomic E-state index is 9.05. The standard InChI is InChI=1S/C15H21N3O.2ClH/c1-2-19-14-5-3-13(4-6-14)15(7-8-16)18-11-9-17-10-12-18;;/h3-6,15,17H,2,7,9-12H2,1H3;2*1H/t15-;;/m1../s1. The maximum absolute atomic E-state index is 9.05. The molecule has 21 heavy (non-hydrogen) atoms. The number of rotatable bonds is 5. The van der Waals surface area contributed by atoms with Gasteiger partial charge < -0.3 is 10.1 Å². The van der Waals surface area contributed by atoms with Crippen LogP contribution in [0.25, 0.3) is 0 Å². The van der Waals surface area contributed by atoms with E-state index in [1.807, 2.05) is 19.1 Å². The molecule has 0 bridgehead atoms. The predicted molar refractivity (Wildman–Crippen MR) is 89.5 cm³/mol. The maximum Gasteiger partial charge on any atom is 0.119 e. The van der Waals surface area contributed by atoms with E-state index in [1.54, 1.807) is 0 Å². The van der Waals surface area contributed by atoms with Crippen molar-refractivity contribution in [2.24, 2.45) is 0 Å². The lowest BCUT2D eigenvalue weighted by atomic mass is 10.0. The van der Waals surface area contributed by atoms with E-state index in [-0.39, 0.29) is 30.9 Å². The Hall–Kier alpha value is -0.990. The van der Waals surface area contributed by atoms with Crippen molar-refractivity contribution in [1.29, 1.82) is 5.26 Å². The Morgan fingerprint density at radius 2 is 1.86 bits per heavy atom. The molecule has 0 spiro atoms. The largest absolute Gasteiger partial charge is 0.494 e. The molecule has 4 nitrogen and oxygen atoms in total. The normalized spacial score (nSPS) is 16.0. The molecule has 1 aliphatic heterocycles. The molecule has 6 heteroatoms. The van der Waals surface area contributed by atoms with Gasteiger partial charge in [-0.1, -0.05) is 12.1 Å². The van der Waals surface area contributed by atoms with E-state index in [0.29, 0.717) is 13.0 Å². The van der Waals surface area contributed by atoms with Crippen molar-refractivity contribution in [3.63, 3.8) is 0 Å². The Kier molecular flexibility index (Phi) is 10.2. The first kappa shape index (κ1) is 20.0. The number of hydrogen-bond acceptors (Lipinski definition) is 4. The van der Waals surface area contributed by atoms with E-state index in [4.69, 9.17) is 10.00 Å². The zero-order chi connectivity index (χ0) is 13.5. The molecule has 0 aliphatic carbocycles. The van der Waals surface area contributed by atoms with Gasteiger partial charge in [0.1, 0.15) is 5.75 Å². The van der Waals surface area contributed by atoms with Crippen LogP contribution in [0.2, 0.25) is 0 Å². The number of piperazine rings is 1. The Bertz CT molecular complexity index is 428. The fourth-order valence-corrected chi connectivity index (χ4v) is 2.49. The van der Waals surface area contributed by atoms with Crippen molar-refractivity contribution in [2.75, 3.05) is 32.8 Å². The van der Waals surface area contributed by atoms with Gasteiger partial charge in [-0.3, -0.25) is 4.90 Å². The van der Waals surface area contributed by atoms with Crippen LogP contribution < -0.4 is 10.1 Å². The highest BCUT2D eigenvalue weighted by atomic mass is 35.5. The highest BCUT2D eigenvalue weighted by Gasteiger charge is 2.21. The molecule has 1 heterocycles. The zero-order valence-corrected chi connectivity index (χ0v) is 13.9. The van der Waals surface area contributed by atoms with Crippen molar-refractivity contribution < 1.29 is 4.74 Å². The minimum absolute atomic E-state index is 0. The average molecular weight is 332 g/mol. The smallest absolute Gasteiger partial charge is 0.119 e. The van der Waals surface area contributed by atoms with Crippen LogP contribution in [0.5, 0.6) is 5.75 Å². The molecule has 118 valence electrons. The summed E-state index contributed by atoms with van der Waals surface area (Å²) in [6, 6.07) is 10.6. The fraction of sp³-hybridized carbons (Fsp3) is 0.533. The van der Waals surface area contributed by atoms with E-state index >= 15 is 0 Å². The van der Waals surface area contributed by atoms with Crippen molar-refractivity contribution >= 4 is 24.8 Å². The Balaban J connectivity index is 0.00000200. The lowest BCUT2D eigenvalue weighted by Crippen LogP contribution is -2.45. The molecular formula is C15H23Cl2N3O. The molecule has 2 rings (SSSR count). The summed E-state index contributed by atoms with van der Waals surface area (Å²) in [5.41, 5.74) is 1.20. The lowest BCUT2D eigenvalue weighted by molar-refractivity contribution is 0.175. The van der Waals surface area contributed by atoms with Crippen LogP contribution in [-0.2, 0) is 0 Å². The Morgan fingerprint density at radius 1 is 1.24 bits per heavy atom. The third-order valence-electron chi connectivity index (χ3n) is 3.45. The van der Waals surface area contributed by atoms with Crippen molar-refractivity contribution in [2.45, 2.75) is 19.4 Å². The topological polar surface area (TPSA) is 48.3 Å². The summed E-state index contributed by atoms with van der Waals surface area (Å²) < 4.78 is 5.46. The molecule has 1 aliphatic rings. The SMILES string of the molecule is CCOc1ccc([C@@H](CC#N)N2CCNCC2)cc1.Cl.Cl. The first-order valence-corrected chi connectivity index (χ1v) is 6.89. The highest BCUT2D eigenvalue weighted by Crippen LogP contribution is 2.26. The number of nitriles is 1. The fourth-order valence-electron chi connectivity index (χ4n) is 2.49. The average Bonchev–Trinajstić information content (AvgIpc) is 2.47. The summed E-state index contributed by atoms with van der Waals surface area (Å²) in [7, 11) is 0. The summed E-state index contributed by atoms with van der Waals surface area (Å²) in [4.78, 5) is 2.38. The van der Waals surface area contributed by atoms with Crippen LogP contribution in [-0.4, -0.2) is 37.7 Å². The number of ether oxygens (including phenoxy) is 1. The number of hydrogen-bond donors (Lipinski definition) is 1. The van der Waals surface area contributed by atoms with E-state index in [2.05, 4.69) is 28.4 Å². The molecule has 1 atom stereocenters. The van der Waals surface area contributed by atoms with Crippen LogP contribution in [0.15, 0.2) is 24.3 Å². The van der Waals surface area contributed by atoms with E-state index < -0.39 is 0 Å². The van der Waals surface area contributed by atoms with Gasteiger partial charge >= 0.3 is 0 Å². The summed E-state index contributed by atoms with van der Waals surface area (Å²) in [6.45, 7) is 6.66. The molecule has 1 fully saturated rings. The van der Waals surface area contributed by atoms with Gasteiger partial charge in [-0.2, -0.15) is 5.26 Å². The Labute approximate surface area is 139 Å². The molecule has 0 aromatic heterocycles. The van der Waals surface area contributed by atoms with E-state index in [0.717, 1.165) is 31.9 Å². The van der Waals surface area contributed by atoms with Crippen LogP contribution >= 0.6 is 24.8 Å². The molecule has 0 saturated carbocycles. The van der Waals surface area contributed by atoms with Gasteiger partial charge in [-0.05, 0) is 24.6 Å². The summed E-state index contributed by atoms with van der Waals surface area (Å²) in [5, 5.41) is 12.4.